The predicted octanol–water partition coefficient (Wildman–Crippen LogP) is 4.61. The lowest BCUT2D eigenvalue weighted by atomic mass is 9.95. The van der Waals surface area contributed by atoms with Gasteiger partial charge in [0.2, 0.25) is 11.8 Å². The smallest absolute Gasteiger partial charge is 0.224 e. The van der Waals surface area contributed by atoms with E-state index in [0.29, 0.717) is 24.8 Å². The average molecular weight is 344 g/mol. The molecule has 2 amide bonds. The molecule has 1 unspecified atom stereocenters. The molecule has 1 aliphatic rings. The Kier molecular flexibility index (Phi) is 7.48. The summed E-state index contributed by atoms with van der Waals surface area (Å²) in [5.74, 6) is 0.565. The van der Waals surface area contributed by atoms with Gasteiger partial charge in [-0.2, -0.15) is 0 Å². The van der Waals surface area contributed by atoms with Gasteiger partial charge in [-0.15, -0.1) is 0 Å². The van der Waals surface area contributed by atoms with E-state index in [1.54, 1.807) is 0 Å². The number of anilines is 1. The van der Waals surface area contributed by atoms with Crippen molar-refractivity contribution >= 4 is 17.5 Å². The van der Waals surface area contributed by atoms with Crippen LogP contribution >= 0.6 is 0 Å². The Hall–Kier alpha value is -1.84. The number of carbonyl (C=O) groups is 2. The molecule has 0 spiro atoms. The maximum atomic E-state index is 12.2. The van der Waals surface area contributed by atoms with Gasteiger partial charge >= 0.3 is 0 Å². The summed E-state index contributed by atoms with van der Waals surface area (Å²) in [5.41, 5.74) is 2.07. The van der Waals surface area contributed by atoms with Crippen LogP contribution in [0.5, 0.6) is 0 Å². The molecule has 2 N–H and O–H groups in total. The van der Waals surface area contributed by atoms with Crippen LogP contribution in [0.3, 0.4) is 0 Å². The zero-order valence-electron chi connectivity index (χ0n) is 15.8. The van der Waals surface area contributed by atoms with E-state index in [1.807, 2.05) is 31.2 Å². The second kappa shape index (κ2) is 9.59. The number of amides is 2. The first-order valence-electron chi connectivity index (χ1n) is 9.63. The van der Waals surface area contributed by atoms with Gasteiger partial charge < -0.3 is 10.6 Å². The van der Waals surface area contributed by atoms with Crippen molar-refractivity contribution < 1.29 is 9.59 Å². The van der Waals surface area contributed by atoms with E-state index in [0.717, 1.165) is 18.5 Å². The number of hydrogen-bond donors (Lipinski definition) is 2. The average Bonchev–Trinajstić information content (AvgIpc) is 2.55. The van der Waals surface area contributed by atoms with Crippen molar-refractivity contribution in [2.24, 2.45) is 5.92 Å². The lowest BCUT2D eigenvalue weighted by molar-refractivity contribution is -0.123. The third kappa shape index (κ3) is 6.89. The van der Waals surface area contributed by atoms with Gasteiger partial charge in [-0.1, -0.05) is 52.2 Å². The molecule has 0 aliphatic heterocycles. The van der Waals surface area contributed by atoms with Crippen molar-refractivity contribution in [3.63, 3.8) is 0 Å². The Balaban J connectivity index is 1.72. The maximum Gasteiger partial charge on any atom is 0.224 e. The van der Waals surface area contributed by atoms with Crippen LogP contribution in [0.2, 0.25) is 0 Å². The Bertz CT molecular complexity index is 560. The van der Waals surface area contributed by atoms with E-state index in [-0.39, 0.29) is 17.7 Å². The van der Waals surface area contributed by atoms with E-state index in [4.69, 9.17) is 0 Å². The summed E-state index contributed by atoms with van der Waals surface area (Å²) in [6.07, 6.45) is 6.65. The van der Waals surface area contributed by atoms with E-state index >= 15 is 0 Å². The summed E-state index contributed by atoms with van der Waals surface area (Å²) in [7, 11) is 0. The Morgan fingerprint density at radius 3 is 2.16 bits per heavy atom. The molecule has 4 heteroatoms. The summed E-state index contributed by atoms with van der Waals surface area (Å²) in [6.45, 7) is 6.25. The van der Waals surface area contributed by atoms with Crippen LogP contribution in [-0.4, -0.2) is 17.9 Å². The van der Waals surface area contributed by atoms with E-state index < -0.39 is 0 Å². The highest BCUT2D eigenvalue weighted by atomic mass is 16.2. The highest BCUT2D eigenvalue weighted by molar-refractivity contribution is 5.91. The fraction of sp³-hybridized carbons (Fsp3) is 0.619. The molecule has 1 fully saturated rings. The van der Waals surface area contributed by atoms with Crippen molar-refractivity contribution in [2.45, 2.75) is 77.7 Å². The van der Waals surface area contributed by atoms with Gasteiger partial charge in [-0.3, -0.25) is 9.59 Å². The minimum atomic E-state index is -0.0322. The quantitative estimate of drug-likeness (QED) is 0.758. The molecule has 1 saturated carbocycles. The minimum absolute atomic E-state index is 0.0322. The zero-order chi connectivity index (χ0) is 18.2. The van der Waals surface area contributed by atoms with Gasteiger partial charge in [-0.25, -0.2) is 0 Å². The second-order valence-electron chi connectivity index (χ2n) is 7.74. The summed E-state index contributed by atoms with van der Waals surface area (Å²) in [5, 5.41) is 6.04. The summed E-state index contributed by atoms with van der Waals surface area (Å²) in [4.78, 5) is 24.3. The molecule has 25 heavy (non-hydrogen) atoms. The lowest BCUT2D eigenvalue weighted by Crippen LogP contribution is -2.37. The fourth-order valence-electron chi connectivity index (χ4n) is 3.40. The van der Waals surface area contributed by atoms with Crippen LogP contribution in [0, 0.1) is 5.92 Å². The van der Waals surface area contributed by atoms with Crippen LogP contribution in [0.1, 0.15) is 77.2 Å². The predicted molar refractivity (Wildman–Crippen MR) is 103 cm³/mol. The van der Waals surface area contributed by atoms with Crippen LogP contribution in [-0.2, 0) is 9.59 Å². The van der Waals surface area contributed by atoms with Crippen molar-refractivity contribution in [1.82, 2.24) is 5.32 Å². The summed E-state index contributed by atoms with van der Waals surface area (Å²) < 4.78 is 0. The van der Waals surface area contributed by atoms with Crippen LogP contribution in [0.15, 0.2) is 24.3 Å². The maximum absolute atomic E-state index is 12.2. The number of benzene rings is 1. The third-order valence-corrected chi connectivity index (χ3v) is 4.90. The van der Waals surface area contributed by atoms with Gasteiger partial charge in [0.15, 0.2) is 0 Å². The minimum Gasteiger partial charge on any atom is -0.353 e. The summed E-state index contributed by atoms with van der Waals surface area (Å²) in [6, 6.07) is 8.30. The Labute approximate surface area is 151 Å². The molecular formula is C21H32N2O2. The molecule has 1 atom stereocenters. The normalized spacial score (nSPS) is 16.5. The van der Waals surface area contributed by atoms with Gasteiger partial charge in [0.05, 0.1) is 0 Å². The largest absolute Gasteiger partial charge is 0.353 e. The summed E-state index contributed by atoms with van der Waals surface area (Å²) >= 11 is 0. The van der Waals surface area contributed by atoms with Crippen molar-refractivity contribution in [3.05, 3.63) is 29.8 Å². The van der Waals surface area contributed by atoms with Crippen LogP contribution in [0.4, 0.5) is 5.69 Å². The van der Waals surface area contributed by atoms with Gasteiger partial charge in [0, 0.05) is 24.6 Å². The molecule has 1 aromatic carbocycles. The van der Waals surface area contributed by atoms with E-state index in [2.05, 4.69) is 24.5 Å². The second-order valence-corrected chi connectivity index (χ2v) is 7.74. The van der Waals surface area contributed by atoms with Crippen molar-refractivity contribution in [3.8, 4) is 0 Å². The van der Waals surface area contributed by atoms with E-state index in [9.17, 15) is 9.59 Å². The number of hydrogen-bond acceptors (Lipinski definition) is 2. The highest BCUT2D eigenvalue weighted by Gasteiger charge is 2.18. The molecule has 4 nitrogen and oxygen atoms in total. The van der Waals surface area contributed by atoms with Crippen molar-refractivity contribution in [1.29, 1.82) is 0 Å². The first-order valence-corrected chi connectivity index (χ1v) is 9.63. The molecule has 138 valence electrons. The topological polar surface area (TPSA) is 58.2 Å². The lowest BCUT2D eigenvalue weighted by Gasteiger charge is -2.23. The molecule has 0 heterocycles. The van der Waals surface area contributed by atoms with Gasteiger partial charge in [-0.05, 0) is 42.4 Å². The standard InChI is InChI=1S/C21H32N2O2/c1-15(2)17-9-11-19(12-10-17)23-21(25)14-16(3)13-20(24)22-18-7-5-4-6-8-18/h9-12,15-16,18H,4-8,13-14H2,1-3H3,(H,22,24)(H,23,25). The molecule has 0 saturated heterocycles. The van der Waals surface area contributed by atoms with Gasteiger partial charge in [0.1, 0.15) is 0 Å². The molecule has 0 radical (unpaired) electrons. The molecule has 0 bridgehead atoms. The van der Waals surface area contributed by atoms with Crippen LogP contribution in [0.25, 0.3) is 0 Å². The third-order valence-electron chi connectivity index (χ3n) is 4.90. The first kappa shape index (κ1) is 19.5. The van der Waals surface area contributed by atoms with Gasteiger partial charge in [0.25, 0.3) is 0 Å². The number of nitrogens with one attached hydrogen (secondary N) is 2. The Morgan fingerprint density at radius 1 is 0.960 bits per heavy atom. The molecule has 2 rings (SSSR count). The highest BCUT2D eigenvalue weighted by Crippen LogP contribution is 2.19. The molecule has 1 aromatic rings. The first-order chi connectivity index (χ1) is 11.9. The van der Waals surface area contributed by atoms with Crippen molar-refractivity contribution in [2.75, 3.05) is 5.32 Å². The number of rotatable bonds is 7. The zero-order valence-corrected chi connectivity index (χ0v) is 15.8. The monoisotopic (exact) mass is 344 g/mol. The van der Waals surface area contributed by atoms with Crippen LogP contribution < -0.4 is 10.6 Å². The molecular weight excluding hydrogens is 312 g/mol. The Morgan fingerprint density at radius 2 is 1.56 bits per heavy atom. The fourth-order valence-corrected chi connectivity index (χ4v) is 3.40. The SMILES string of the molecule is CC(CC(=O)Nc1ccc(C(C)C)cc1)CC(=O)NC1CCCCC1. The number of carbonyl (C=O) groups excluding carboxylic acids is 2. The van der Waals surface area contributed by atoms with E-state index in [1.165, 1.54) is 24.8 Å². The molecule has 0 aromatic heterocycles. The molecule has 1 aliphatic carbocycles.